The third kappa shape index (κ3) is 3.61. The predicted octanol–water partition coefficient (Wildman–Crippen LogP) is 4.15. The molecule has 0 saturated carbocycles. The molecular weight excluding hydrogens is 388 g/mol. The Bertz CT molecular complexity index is 1140. The molecule has 1 aliphatic rings. The highest BCUT2D eigenvalue weighted by Crippen LogP contribution is 2.37. The van der Waals surface area contributed by atoms with Crippen LogP contribution in [0.25, 0.3) is 10.8 Å². The largest absolute Gasteiger partial charge is 0.478 e. The van der Waals surface area contributed by atoms with Crippen LogP contribution < -0.4 is 5.32 Å². The lowest BCUT2D eigenvalue weighted by molar-refractivity contribution is -0.131. The van der Waals surface area contributed by atoms with Gasteiger partial charge in [0, 0.05) is 23.4 Å². The summed E-state index contributed by atoms with van der Waals surface area (Å²) in [7, 11) is 0. The zero-order valence-electron chi connectivity index (χ0n) is 15.9. The van der Waals surface area contributed by atoms with Crippen LogP contribution in [0, 0.1) is 0 Å². The smallest absolute Gasteiger partial charge is 0.339 e. The zero-order valence-corrected chi connectivity index (χ0v) is 16.7. The van der Waals surface area contributed by atoms with E-state index >= 15 is 0 Å². The Hall–Kier alpha value is -3.19. The summed E-state index contributed by atoms with van der Waals surface area (Å²) in [6.07, 6.45) is 0.892. The van der Waals surface area contributed by atoms with E-state index in [-0.39, 0.29) is 17.4 Å². The van der Waals surface area contributed by atoms with E-state index < -0.39 is 5.97 Å². The first-order valence-corrected chi connectivity index (χ1v) is 10.2. The quantitative estimate of drug-likeness (QED) is 0.679. The highest BCUT2D eigenvalue weighted by molar-refractivity contribution is 7.17. The van der Waals surface area contributed by atoms with Crippen molar-refractivity contribution < 1.29 is 19.5 Å². The number of fused-ring (bicyclic) bond motifs is 2. The molecule has 0 fully saturated rings. The van der Waals surface area contributed by atoms with Crippen molar-refractivity contribution in [2.45, 2.75) is 26.3 Å². The molecule has 1 aromatic heterocycles. The van der Waals surface area contributed by atoms with Crippen LogP contribution >= 0.6 is 11.3 Å². The normalized spacial score (nSPS) is 13.2. The summed E-state index contributed by atoms with van der Waals surface area (Å²) in [5.41, 5.74) is 1.33. The second-order valence-electron chi connectivity index (χ2n) is 6.95. The van der Waals surface area contributed by atoms with Crippen molar-refractivity contribution in [2.75, 3.05) is 11.9 Å². The zero-order chi connectivity index (χ0) is 20.5. The van der Waals surface area contributed by atoms with Gasteiger partial charge in [0.15, 0.2) is 0 Å². The fourth-order valence-electron chi connectivity index (χ4n) is 3.66. The summed E-state index contributed by atoms with van der Waals surface area (Å²) >= 11 is 1.24. The monoisotopic (exact) mass is 408 g/mol. The number of benzene rings is 2. The molecule has 0 bridgehead atoms. The van der Waals surface area contributed by atoms with Gasteiger partial charge in [-0.1, -0.05) is 37.3 Å². The number of carbonyl (C=O) groups is 3. The molecule has 0 aliphatic carbocycles. The molecule has 0 saturated heterocycles. The van der Waals surface area contributed by atoms with Gasteiger partial charge in [-0.05, 0) is 34.9 Å². The third-order valence-corrected chi connectivity index (χ3v) is 6.30. The van der Waals surface area contributed by atoms with Crippen molar-refractivity contribution in [3.05, 3.63) is 64.0 Å². The fourth-order valence-corrected chi connectivity index (χ4v) is 4.91. The number of amides is 2. The molecule has 1 aliphatic heterocycles. The minimum atomic E-state index is -1.06. The van der Waals surface area contributed by atoms with Crippen LogP contribution in [0.4, 0.5) is 5.00 Å². The Balaban J connectivity index is 1.64. The molecule has 0 unspecified atom stereocenters. The van der Waals surface area contributed by atoms with Crippen molar-refractivity contribution in [3.8, 4) is 0 Å². The first kappa shape index (κ1) is 19.1. The lowest BCUT2D eigenvalue weighted by Gasteiger charge is -2.26. The number of hydrogen-bond acceptors (Lipinski definition) is 4. The topological polar surface area (TPSA) is 86.7 Å². The molecule has 2 aromatic carbocycles. The Morgan fingerprint density at radius 3 is 2.62 bits per heavy atom. The van der Waals surface area contributed by atoms with Gasteiger partial charge in [-0.25, -0.2) is 4.79 Å². The van der Waals surface area contributed by atoms with E-state index in [1.165, 1.54) is 11.3 Å². The van der Waals surface area contributed by atoms with Gasteiger partial charge in [0.1, 0.15) is 5.00 Å². The summed E-state index contributed by atoms with van der Waals surface area (Å²) in [4.78, 5) is 39.3. The van der Waals surface area contributed by atoms with E-state index in [2.05, 4.69) is 5.32 Å². The lowest BCUT2D eigenvalue weighted by Crippen LogP contribution is -2.35. The maximum absolute atomic E-state index is 12.8. The van der Waals surface area contributed by atoms with Crippen LogP contribution in [-0.2, 0) is 17.8 Å². The summed E-state index contributed by atoms with van der Waals surface area (Å²) in [5.74, 6) is -1.37. The maximum Gasteiger partial charge on any atom is 0.339 e. The number of nitrogens with one attached hydrogen (secondary N) is 1. The number of carboxylic acids is 1. The highest BCUT2D eigenvalue weighted by Gasteiger charge is 2.30. The van der Waals surface area contributed by atoms with Crippen LogP contribution in [-0.4, -0.2) is 34.3 Å². The van der Waals surface area contributed by atoms with Crippen molar-refractivity contribution in [3.63, 3.8) is 0 Å². The average molecular weight is 408 g/mol. The number of aromatic carboxylic acids is 1. The van der Waals surface area contributed by atoms with Crippen LogP contribution in [0.15, 0.2) is 42.5 Å². The second kappa shape index (κ2) is 7.67. The summed E-state index contributed by atoms with van der Waals surface area (Å²) in [5, 5.41) is 14.8. The molecule has 2 amide bonds. The Labute approximate surface area is 171 Å². The molecule has 0 atom stereocenters. The number of thiophene rings is 1. The third-order valence-electron chi connectivity index (χ3n) is 5.16. The predicted molar refractivity (Wildman–Crippen MR) is 113 cm³/mol. The summed E-state index contributed by atoms with van der Waals surface area (Å²) in [6, 6.07) is 13.1. The van der Waals surface area contributed by atoms with Gasteiger partial charge in [-0.3, -0.25) is 9.59 Å². The van der Waals surface area contributed by atoms with E-state index in [1.54, 1.807) is 17.0 Å². The van der Waals surface area contributed by atoms with Gasteiger partial charge in [0.25, 0.3) is 5.91 Å². The first-order chi connectivity index (χ1) is 14.0. The van der Waals surface area contributed by atoms with Crippen molar-refractivity contribution in [1.82, 2.24) is 4.90 Å². The van der Waals surface area contributed by atoms with Crippen molar-refractivity contribution >= 4 is 44.9 Å². The van der Waals surface area contributed by atoms with Gasteiger partial charge in [0.2, 0.25) is 5.91 Å². The number of rotatable bonds is 4. The van der Waals surface area contributed by atoms with E-state index in [4.69, 9.17) is 0 Å². The highest BCUT2D eigenvalue weighted by atomic mass is 32.1. The van der Waals surface area contributed by atoms with Gasteiger partial charge in [-0.2, -0.15) is 0 Å². The summed E-state index contributed by atoms with van der Waals surface area (Å²) < 4.78 is 0. The minimum absolute atomic E-state index is 0.0441. The summed E-state index contributed by atoms with van der Waals surface area (Å²) in [6.45, 7) is 2.69. The fraction of sp³-hybridized carbons (Fsp3) is 0.227. The molecular formula is C22H20N2O4S. The van der Waals surface area contributed by atoms with Gasteiger partial charge in [-0.15, -0.1) is 11.3 Å². The van der Waals surface area contributed by atoms with E-state index in [9.17, 15) is 19.5 Å². The molecule has 0 spiro atoms. The number of hydrogen-bond donors (Lipinski definition) is 2. The van der Waals surface area contributed by atoms with E-state index in [0.29, 0.717) is 36.5 Å². The number of anilines is 1. The Morgan fingerprint density at radius 2 is 1.90 bits per heavy atom. The Morgan fingerprint density at radius 1 is 1.14 bits per heavy atom. The van der Waals surface area contributed by atoms with Crippen LogP contribution in [0.2, 0.25) is 0 Å². The Kier molecular flexibility index (Phi) is 5.07. The second-order valence-corrected chi connectivity index (χ2v) is 8.05. The van der Waals surface area contributed by atoms with Crippen molar-refractivity contribution in [2.24, 2.45) is 0 Å². The SMILES string of the molecule is CCC(=O)N1CCc2c(sc(NC(=O)c3ccc4ccccc4c3)c2C(=O)O)C1. The molecule has 4 rings (SSSR count). The number of carboxylic acid groups (broad SMARTS) is 1. The molecule has 7 heteroatoms. The number of carbonyl (C=O) groups excluding carboxylic acids is 2. The minimum Gasteiger partial charge on any atom is -0.478 e. The van der Waals surface area contributed by atoms with Gasteiger partial charge in [0.05, 0.1) is 12.1 Å². The molecule has 2 N–H and O–H groups in total. The molecule has 3 aromatic rings. The van der Waals surface area contributed by atoms with Crippen LogP contribution in [0.3, 0.4) is 0 Å². The van der Waals surface area contributed by atoms with Crippen LogP contribution in [0.1, 0.15) is 44.5 Å². The lowest BCUT2D eigenvalue weighted by atomic mass is 10.0. The molecule has 6 nitrogen and oxygen atoms in total. The molecule has 148 valence electrons. The molecule has 0 radical (unpaired) electrons. The first-order valence-electron chi connectivity index (χ1n) is 9.43. The average Bonchev–Trinajstić information content (AvgIpc) is 3.09. The van der Waals surface area contributed by atoms with Gasteiger partial charge < -0.3 is 15.3 Å². The van der Waals surface area contributed by atoms with Crippen molar-refractivity contribution in [1.29, 1.82) is 0 Å². The standard InChI is InChI=1S/C22H20N2O4S/c1-2-18(25)24-10-9-16-17(12-24)29-21(19(16)22(27)28)23-20(26)15-8-7-13-5-3-4-6-14(13)11-15/h3-8,11H,2,9-10,12H2,1H3,(H,23,26)(H,27,28). The molecule has 2 heterocycles. The van der Waals surface area contributed by atoms with Crippen LogP contribution in [0.5, 0.6) is 0 Å². The molecule has 29 heavy (non-hydrogen) atoms. The van der Waals surface area contributed by atoms with E-state index in [1.807, 2.05) is 37.3 Å². The maximum atomic E-state index is 12.8. The van der Waals surface area contributed by atoms with E-state index in [0.717, 1.165) is 21.2 Å². The van der Waals surface area contributed by atoms with Gasteiger partial charge >= 0.3 is 5.97 Å². The number of nitrogens with zero attached hydrogens (tertiary/aromatic N) is 1.